The van der Waals surface area contributed by atoms with Crippen molar-refractivity contribution in [1.82, 2.24) is 10.2 Å². The molecule has 2 aromatic rings. The first-order valence-corrected chi connectivity index (χ1v) is 9.49. The summed E-state index contributed by atoms with van der Waals surface area (Å²) in [5.74, 6) is 0. The van der Waals surface area contributed by atoms with Crippen molar-refractivity contribution in [3.8, 4) is 0 Å². The van der Waals surface area contributed by atoms with E-state index in [2.05, 4.69) is 5.32 Å². The van der Waals surface area contributed by atoms with E-state index in [-0.39, 0.29) is 12.6 Å². The molecule has 114 valence electrons. The Morgan fingerprint density at radius 2 is 1.90 bits per heavy atom. The Kier molecular flexibility index (Phi) is 5.02. The number of amides is 2. The van der Waals surface area contributed by atoms with Crippen molar-refractivity contribution in [1.29, 1.82) is 0 Å². The number of urea groups is 1. The van der Waals surface area contributed by atoms with Crippen LogP contribution in [0.1, 0.15) is 10.1 Å². The first-order valence-electron chi connectivity index (χ1n) is 6.19. The molecule has 2 heterocycles. The molecule has 0 radical (unpaired) electrons. The Morgan fingerprint density at radius 3 is 2.43 bits per heavy atom. The second-order valence-corrected chi connectivity index (χ2v) is 8.85. The molecule has 0 fully saturated rings. The summed E-state index contributed by atoms with van der Waals surface area (Å²) in [5.41, 5.74) is 0. The minimum atomic E-state index is -3.51. The van der Waals surface area contributed by atoms with Crippen LogP contribution >= 0.6 is 22.7 Å². The molecule has 0 spiro atoms. The minimum absolute atomic E-state index is 0.0533. The van der Waals surface area contributed by atoms with E-state index in [0.29, 0.717) is 4.21 Å². The second-order valence-electron chi connectivity index (χ2n) is 4.56. The number of rotatable bonds is 5. The third-order valence-electron chi connectivity index (χ3n) is 2.86. The largest absolute Gasteiger partial charge is 0.336 e. The summed E-state index contributed by atoms with van der Waals surface area (Å²) < 4.78 is 25.8. The van der Waals surface area contributed by atoms with Gasteiger partial charge in [-0.1, -0.05) is 12.1 Å². The number of thiophene rings is 2. The Hall–Kier alpha value is -1.38. The SMILES string of the molecule is CN(C)C(=O)NCC(c1cccs1)S(=O)(=O)c1cccs1. The van der Waals surface area contributed by atoms with Gasteiger partial charge in [0.2, 0.25) is 0 Å². The summed E-state index contributed by atoms with van der Waals surface area (Å²) in [6.07, 6.45) is 0. The molecule has 0 aliphatic heterocycles. The van der Waals surface area contributed by atoms with E-state index in [0.717, 1.165) is 4.88 Å². The van der Waals surface area contributed by atoms with Crippen LogP contribution in [0.2, 0.25) is 0 Å². The smallest absolute Gasteiger partial charge is 0.316 e. The molecular formula is C13H16N2O3S3. The molecule has 21 heavy (non-hydrogen) atoms. The van der Waals surface area contributed by atoms with Crippen molar-refractivity contribution < 1.29 is 13.2 Å². The summed E-state index contributed by atoms with van der Waals surface area (Å²) in [6.45, 7) is 0.0533. The highest BCUT2D eigenvalue weighted by molar-refractivity contribution is 7.93. The third kappa shape index (κ3) is 3.63. The van der Waals surface area contributed by atoms with Crippen LogP contribution in [0.4, 0.5) is 4.79 Å². The fourth-order valence-electron chi connectivity index (χ4n) is 1.74. The zero-order valence-corrected chi connectivity index (χ0v) is 14.1. The average Bonchev–Trinajstić information content (AvgIpc) is 3.11. The zero-order chi connectivity index (χ0) is 15.5. The van der Waals surface area contributed by atoms with Crippen LogP contribution in [0.15, 0.2) is 39.2 Å². The normalized spacial score (nSPS) is 12.9. The molecule has 2 aromatic heterocycles. The quantitative estimate of drug-likeness (QED) is 0.906. The van der Waals surface area contributed by atoms with Gasteiger partial charge in [0.05, 0.1) is 0 Å². The number of sulfone groups is 1. The van der Waals surface area contributed by atoms with Crippen molar-refractivity contribution in [2.75, 3.05) is 20.6 Å². The molecule has 0 aliphatic rings. The van der Waals surface area contributed by atoms with Crippen LogP contribution in [-0.2, 0) is 9.84 Å². The minimum Gasteiger partial charge on any atom is -0.336 e. The number of carbonyl (C=O) groups is 1. The van der Waals surface area contributed by atoms with Crippen LogP contribution in [0.3, 0.4) is 0 Å². The summed E-state index contributed by atoms with van der Waals surface area (Å²) in [6, 6.07) is 6.58. The molecule has 0 saturated carbocycles. The molecule has 1 atom stereocenters. The number of hydrogen-bond acceptors (Lipinski definition) is 5. The van der Waals surface area contributed by atoms with Crippen molar-refractivity contribution in [3.63, 3.8) is 0 Å². The summed E-state index contributed by atoms with van der Waals surface area (Å²) in [5, 5.41) is 5.46. The van der Waals surface area contributed by atoms with E-state index in [4.69, 9.17) is 0 Å². The standard InChI is InChI=1S/C13H16N2O3S3/c1-15(2)13(16)14-9-11(10-5-3-7-19-10)21(17,18)12-6-4-8-20-12/h3-8,11H,9H2,1-2H3,(H,14,16). The van der Waals surface area contributed by atoms with Gasteiger partial charge >= 0.3 is 6.03 Å². The zero-order valence-electron chi connectivity index (χ0n) is 11.6. The first kappa shape index (κ1) is 16.0. The predicted octanol–water partition coefficient (Wildman–Crippen LogP) is 2.60. The van der Waals surface area contributed by atoms with E-state index < -0.39 is 15.1 Å². The molecule has 2 amide bonds. The first-order chi connectivity index (χ1) is 9.93. The van der Waals surface area contributed by atoms with Crippen LogP contribution in [0.25, 0.3) is 0 Å². The lowest BCUT2D eigenvalue weighted by molar-refractivity contribution is 0.217. The van der Waals surface area contributed by atoms with Crippen LogP contribution < -0.4 is 5.32 Å². The molecule has 0 saturated heterocycles. The predicted molar refractivity (Wildman–Crippen MR) is 85.7 cm³/mol. The maximum Gasteiger partial charge on any atom is 0.316 e. The molecule has 2 rings (SSSR count). The molecule has 5 nitrogen and oxygen atoms in total. The summed E-state index contributed by atoms with van der Waals surface area (Å²) in [4.78, 5) is 13.8. The van der Waals surface area contributed by atoms with Gasteiger partial charge in [0.15, 0.2) is 9.84 Å². The van der Waals surface area contributed by atoms with E-state index in [9.17, 15) is 13.2 Å². The topological polar surface area (TPSA) is 66.5 Å². The van der Waals surface area contributed by atoms with E-state index in [1.165, 1.54) is 27.6 Å². The number of hydrogen-bond donors (Lipinski definition) is 1. The van der Waals surface area contributed by atoms with E-state index in [1.807, 2.05) is 11.4 Å². The molecule has 0 aromatic carbocycles. The van der Waals surface area contributed by atoms with Crippen LogP contribution in [0, 0.1) is 0 Å². The van der Waals surface area contributed by atoms with Gasteiger partial charge in [-0.15, -0.1) is 22.7 Å². The highest BCUT2D eigenvalue weighted by Crippen LogP contribution is 2.33. The van der Waals surface area contributed by atoms with Gasteiger partial charge in [0.1, 0.15) is 9.46 Å². The Labute approximate surface area is 132 Å². The molecule has 0 aliphatic carbocycles. The van der Waals surface area contributed by atoms with Gasteiger partial charge in [-0.3, -0.25) is 0 Å². The Bertz CT molecular complexity index is 676. The van der Waals surface area contributed by atoms with Crippen LogP contribution in [0.5, 0.6) is 0 Å². The van der Waals surface area contributed by atoms with Gasteiger partial charge in [-0.05, 0) is 22.9 Å². The highest BCUT2D eigenvalue weighted by Gasteiger charge is 2.31. The van der Waals surface area contributed by atoms with Crippen molar-refractivity contribution in [2.24, 2.45) is 0 Å². The van der Waals surface area contributed by atoms with E-state index in [1.54, 1.807) is 37.7 Å². The van der Waals surface area contributed by atoms with Crippen LogP contribution in [-0.4, -0.2) is 40.0 Å². The van der Waals surface area contributed by atoms with Gasteiger partial charge in [0, 0.05) is 25.5 Å². The molecule has 0 bridgehead atoms. The van der Waals surface area contributed by atoms with Gasteiger partial charge in [-0.25, -0.2) is 13.2 Å². The van der Waals surface area contributed by atoms with Crippen molar-refractivity contribution in [3.05, 3.63) is 39.9 Å². The maximum absolute atomic E-state index is 12.7. The Balaban J connectivity index is 2.28. The third-order valence-corrected chi connectivity index (χ3v) is 7.50. The second kappa shape index (κ2) is 6.59. The molecular weight excluding hydrogens is 328 g/mol. The Morgan fingerprint density at radius 1 is 1.24 bits per heavy atom. The lowest BCUT2D eigenvalue weighted by Crippen LogP contribution is -2.38. The lowest BCUT2D eigenvalue weighted by atomic mass is 10.3. The maximum atomic E-state index is 12.7. The van der Waals surface area contributed by atoms with Gasteiger partial charge in [-0.2, -0.15) is 0 Å². The van der Waals surface area contributed by atoms with E-state index >= 15 is 0 Å². The lowest BCUT2D eigenvalue weighted by Gasteiger charge is -2.18. The summed E-state index contributed by atoms with van der Waals surface area (Å²) >= 11 is 2.57. The van der Waals surface area contributed by atoms with Gasteiger partial charge < -0.3 is 10.2 Å². The molecule has 1 N–H and O–H groups in total. The highest BCUT2D eigenvalue weighted by atomic mass is 32.2. The van der Waals surface area contributed by atoms with Crippen molar-refractivity contribution in [2.45, 2.75) is 9.46 Å². The number of nitrogens with zero attached hydrogens (tertiary/aromatic N) is 1. The van der Waals surface area contributed by atoms with Crippen molar-refractivity contribution >= 4 is 38.5 Å². The monoisotopic (exact) mass is 344 g/mol. The van der Waals surface area contributed by atoms with Gasteiger partial charge in [0.25, 0.3) is 0 Å². The fraction of sp³-hybridized carbons (Fsp3) is 0.308. The molecule has 8 heteroatoms. The summed E-state index contributed by atoms with van der Waals surface area (Å²) in [7, 11) is -0.278. The number of carbonyl (C=O) groups excluding carboxylic acids is 1. The average molecular weight is 344 g/mol. The molecule has 1 unspecified atom stereocenters. The fourth-order valence-corrected chi connectivity index (χ4v) is 5.73. The number of nitrogens with one attached hydrogen (secondary N) is 1.